The third kappa shape index (κ3) is 1.55. The number of hydrogen-bond donors (Lipinski definition) is 0. The van der Waals surface area contributed by atoms with Crippen molar-refractivity contribution in [2.75, 3.05) is 6.61 Å². The van der Waals surface area contributed by atoms with Crippen LogP contribution in [0.15, 0.2) is 24.9 Å². The fraction of sp³-hybridized carbons (Fsp3) is 0.400. The maximum Gasteiger partial charge on any atom is 0.177 e. The molecule has 0 spiro atoms. The van der Waals surface area contributed by atoms with Gasteiger partial charge in [-0.25, -0.2) is 4.98 Å². The molecule has 4 nitrogen and oxygen atoms in total. The van der Waals surface area contributed by atoms with E-state index < -0.39 is 0 Å². The van der Waals surface area contributed by atoms with Gasteiger partial charge in [0.25, 0.3) is 0 Å². The van der Waals surface area contributed by atoms with Crippen LogP contribution >= 0.6 is 0 Å². The molecule has 2 heterocycles. The van der Waals surface area contributed by atoms with Gasteiger partial charge < -0.3 is 9.30 Å². The molecule has 1 atom stereocenters. The summed E-state index contributed by atoms with van der Waals surface area (Å²) in [6.45, 7) is 2.24. The Morgan fingerprint density at radius 3 is 3.21 bits per heavy atom. The second-order valence-electron chi connectivity index (χ2n) is 3.30. The molecule has 0 amide bonds. The van der Waals surface area contributed by atoms with Crippen molar-refractivity contribution >= 4 is 5.78 Å². The van der Waals surface area contributed by atoms with Crippen molar-refractivity contribution in [2.24, 2.45) is 0 Å². The summed E-state index contributed by atoms with van der Waals surface area (Å²) in [5, 5.41) is 0. The van der Waals surface area contributed by atoms with Gasteiger partial charge in [0.2, 0.25) is 0 Å². The maximum absolute atomic E-state index is 11.3. The molecular weight excluding hydrogens is 180 g/mol. The Morgan fingerprint density at radius 2 is 2.57 bits per heavy atom. The average Bonchev–Trinajstić information content (AvgIpc) is 2.67. The van der Waals surface area contributed by atoms with E-state index in [1.54, 1.807) is 25.7 Å². The van der Waals surface area contributed by atoms with E-state index in [0.717, 1.165) is 6.42 Å². The molecule has 0 saturated carbocycles. The van der Waals surface area contributed by atoms with Gasteiger partial charge in [-0.2, -0.15) is 0 Å². The minimum atomic E-state index is 0.0439. The van der Waals surface area contributed by atoms with Gasteiger partial charge in [-0.1, -0.05) is 0 Å². The average molecular weight is 192 g/mol. The molecule has 74 valence electrons. The monoisotopic (exact) mass is 192 g/mol. The lowest BCUT2D eigenvalue weighted by Crippen LogP contribution is -2.15. The van der Waals surface area contributed by atoms with Crippen LogP contribution in [-0.4, -0.2) is 21.9 Å². The van der Waals surface area contributed by atoms with Crippen molar-refractivity contribution in [3.8, 4) is 0 Å². The fourth-order valence-corrected chi connectivity index (χ4v) is 1.57. The van der Waals surface area contributed by atoms with E-state index in [1.165, 1.54) is 0 Å². The third-order valence-corrected chi connectivity index (χ3v) is 2.31. The summed E-state index contributed by atoms with van der Waals surface area (Å²) in [5.41, 5.74) is 0.654. The Balaban J connectivity index is 2.30. The largest absolute Gasteiger partial charge is 0.501 e. The lowest BCUT2D eigenvalue weighted by molar-refractivity contribution is 0.100. The van der Waals surface area contributed by atoms with E-state index >= 15 is 0 Å². The highest BCUT2D eigenvalue weighted by Crippen LogP contribution is 2.19. The number of nitrogens with zero attached hydrogens (tertiary/aromatic N) is 2. The molecular formula is C10H12N2O2. The first-order valence-corrected chi connectivity index (χ1v) is 4.60. The number of carbonyl (C=O) groups is 1. The highest BCUT2D eigenvalue weighted by Gasteiger charge is 2.16. The molecule has 0 N–H and O–H groups in total. The summed E-state index contributed by atoms with van der Waals surface area (Å²) in [6.07, 6.45) is 7.80. The van der Waals surface area contributed by atoms with E-state index in [1.807, 2.05) is 10.6 Å². The number of imidazole rings is 1. The zero-order chi connectivity index (χ0) is 9.97. The summed E-state index contributed by atoms with van der Waals surface area (Å²) < 4.78 is 6.99. The lowest BCUT2D eigenvalue weighted by atomic mass is 10.1. The normalized spacial score (nSPS) is 20.5. The molecule has 0 aliphatic carbocycles. The molecule has 1 aromatic rings. The Hall–Kier alpha value is -1.58. The van der Waals surface area contributed by atoms with Gasteiger partial charge >= 0.3 is 0 Å². The quantitative estimate of drug-likeness (QED) is 0.668. The molecule has 0 bridgehead atoms. The van der Waals surface area contributed by atoms with E-state index in [4.69, 9.17) is 4.74 Å². The molecule has 0 fully saturated rings. The van der Waals surface area contributed by atoms with Crippen molar-refractivity contribution in [1.29, 1.82) is 0 Å². The van der Waals surface area contributed by atoms with Crippen LogP contribution in [0.3, 0.4) is 0 Å². The molecule has 2 rings (SSSR count). The highest BCUT2D eigenvalue weighted by molar-refractivity contribution is 5.92. The van der Waals surface area contributed by atoms with Crippen molar-refractivity contribution in [2.45, 2.75) is 19.4 Å². The van der Waals surface area contributed by atoms with Crippen LogP contribution in [0.1, 0.15) is 29.9 Å². The molecule has 1 aliphatic heterocycles. The molecule has 0 aromatic carbocycles. The fourth-order valence-electron chi connectivity index (χ4n) is 1.57. The summed E-state index contributed by atoms with van der Waals surface area (Å²) >= 11 is 0. The first-order valence-electron chi connectivity index (χ1n) is 4.60. The molecule has 4 heteroatoms. The van der Waals surface area contributed by atoms with Gasteiger partial charge in [-0.15, -0.1) is 0 Å². The highest BCUT2D eigenvalue weighted by atomic mass is 16.5. The predicted molar refractivity (Wildman–Crippen MR) is 51.0 cm³/mol. The summed E-state index contributed by atoms with van der Waals surface area (Å²) in [6, 6.07) is 0.199. The molecule has 1 aromatic heterocycles. The van der Waals surface area contributed by atoms with Crippen molar-refractivity contribution in [3.05, 3.63) is 30.6 Å². The number of carbonyl (C=O) groups excluding carboxylic acids is 1. The van der Waals surface area contributed by atoms with Crippen molar-refractivity contribution < 1.29 is 9.53 Å². The minimum absolute atomic E-state index is 0.0439. The Kier molecular flexibility index (Phi) is 2.35. The number of ketones is 1. The maximum atomic E-state index is 11.3. The second-order valence-corrected chi connectivity index (χ2v) is 3.30. The number of allylic oxidation sites excluding steroid dienone is 1. The van der Waals surface area contributed by atoms with Crippen LogP contribution in [-0.2, 0) is 4.74 Å². The smallest absolute Gasteiger partial charge is 0.177 e. The standard InChI is InChI=1S/C10H12N2O2/c1-8(13)10-6-11-7-12(10)9-2-4-14-5-3-9/h2,4,6-7,9H,3,5H2,1H3. The number of ether oxygens (including phenoxy) is 1. The van der Waals surface area contributed by atoms with E-state index in [-0.39, 0.29) is 11.8 Å². The minimum Gasteiger partial charge on any atom is -0.501 e. The third-order valence-electron chi connectivity index (χ3n) is 2.31. The zero-order valence-electron chi connectivity index (χ0n) is 8.01. The zero-order valence-corrected chi connectivity index (χ0v) is 8.01. The van der Waals surface area contributed by atoms with Crippen LogP contribution in [0.5, 0.6) is 0 Å². The first-order chi connectivity index (χ1) is 6.79. The van der Waals surface area contributed by atoms with Gasteiger partial charge in [-0.05, 0) is 6.08 Å². The first kappa shape index (κ1) is 8.99. The van der Waals surface area contributed by atoms with Crippen molar-refractivity contribution in [1.82, 2.24) is 9.55 Å². The predicted octanol–water partition coefficient (Wildman–Crippen LogP) is 1.56. The summed E-state index contributed by atoms with van der Waals surface area (Å²) in [4.78, 5) is 15.2. The van der Waals surface area contributed by atoms with E-state index in [0.29, 0.717) is 12.3 Å². The van der Waals surface area contributed by atoms with Crippen LogP contribution in [0.2, 0.25) is 0 Å². The van der Waals surface area contributed by atoms with Gasteiger partial charge in [0.15, 0.2) is 5.78 Å². The van der Waals surface area contributed by atoms with E-state index in [9.17, 15) is 4.79 Å². The van der Waals surface area contributed by atoms with Crippen LogP contribution in [0.4, 0.5) is 0 Å². The van der Waals surface area contributed by atoms with Crippen LogP contribution in [0.25, 0.3) is 0 Å². The second kappa shape index (κ2) is 3.65. The van der Waals surface area contributed by atoms with Crippen molar-refractivity contribution in [3.63, 3.8) is 0 Å². The molecule has 1 aliphatic rings. The van der Waals surface area contributed by atoms with Crippen LogP contribution in [0, 0.1) is 0 Å². The molecule has 0 radical (unpaired) electrons. The lowest BCUT2D eigenvalue weighted by Gasteiger charge is -2.19. The Labute approximate surface area is 82.2 Å². The Bertz CT molecular complexity index is 368. The van der Waals surface area contributed by atoms with Gasteiger partial charge in [0, 0.05) is 13.3 Å². The topological polar surface area (TPSA) is 44.1 Å². The van der Waals surface area contributed by atoms with E-state index in [2.05, 4.69) is 4.98 Å². The molecule has 14 heavy (non-hydrogen) atoms. The van der Waals surface area contributed by atoms with Gasteiger partial charge in [-0.3, -0.25) is 4.79 Å². The molecule has 1 unspecified atom stereocenters. The van der Waals surface area contributed by atoms with Gasteiger partial charge in [0.05, 0.1) is 31.4 Å². The number of hydrogen-bond acceptors (Lipinski definition) is 3. The summed E-state index contributed by atoms with van der Waals surface area (Å²) in [5.74, 6) is 0.0439. The molecule has 0 saturated heterocycles. The number of Topliss-reactive ketones (excluding diaryl/α,β-unsaturated/α-hetero) is 1. The number of aromatic nitrogens is 2. The van der Waals surface area contributed by atoms with Crippen LogP contribution < -0.4 is 0 Å². The Morgan fingerprint density at radius 1 is 1.71 bits per heavy atom. The summed E-state index contributed by atoms with van der Waals surface area (Å²) in [7, 11) is 0. The van der Waals surface area contributed by atoms with Gasteiger partial charge in [0.1, 0.15) is 5.69 Å². The SMILES string of the molecule is CC(=O)c1cncn1C1C=COCC1. The number of rotatable bonds is 2.